The van der Waals surface area contributed by atoms with Gasteiger partial charge in [0.05, 0.1) is 11.8 Å². The number of anilines is 1. The topological polar surface area (TPSA) is 92.2 Å². The molecule has 1 aromatic heterocycles. The van der Waals surface area contributed by atoms with Crippen LogP contribution in [-0.2, 0) is 0 Å². The Balaban J connectivity index is 2.10. The molecule has 2 rings (SSSR count). The molecule has 1 heterocycles. The third-order valence-electron chi connectivity index (χ3n) is 2.19. The summed E-state index contributed by atoms with van der Waals surface area (Å²) in [6.07, 6.45) is 4.24. The maximum Gasteiger partial charge on any atom is 0.335 e. The van der Waals surface area contributed by atoms with Crippen LogP contribution in [0.3, 0.4) is 0 Å². The van der Waals surface area contributed by atoms with Crippen LogP contribution in [0.1, 0.15) is 20.8 Å². The molecule has 0 saturated carbocycles. The lowest BCUT2D eigenvalue weighted by Gasteiger charge is -2.04. The third-order valence-corrected chi connectivity index (χ3v) is 2.19. The van der Waals surface area contributed by atoms with Crippen molar-refractivity contribution in [2.24, 2.45) is 0 Å². The summed E-state index contributed by atoms with van der Waals surface area (Å²) in [6.45, 7) is 0. The Morgan fingerprint density at radius 3 is 2.39 bits per heavy atom. The van der Waals surface area contributed by atoms with Crippen molar-refractivity contribution in [1.29, 1.82) is 0 Å². The molecule has 90 valence electrons. The van der Waals surface area contributed by atoms with E-state index in [0.29, 0.717) is 5.69 Å². The number of benzene rings is 1. The molecule has 0 fully saturated rings. The second kappa shape index (κ2) is 5.05. The van der Waals surface area contributed by atoms with Crippen molar-refractivity contribution >= 4 is 17.6 Å². The number of nitrogens with one attached hydrogen (secondary N) is 1. The number of hydrogen-bond donors (Lipinski definition) is 2. The molecule has 18 heavy (non-hydrogen) atoms. The molecule has 2 N–H and O–H groups in total. The van der Waals surface area contributed by atoms with E-state index in [2.05, 4.69) is 15.3 Å². The number of carbonyl (C=O) groups is 2. The maximum atomic E-state index is 11.7. The van der Waals surface area contributed by atoms with E-state index >= 15 is 0 Å². The normalized spacial score (nSPS) is 9.78. The van der Waals surface area contributed by atoms with Gasteiger partial charge in [-0.05, 0) is 24.3 Å². The third kappa shape index (κ3) is 2.67. The van der Waals surface area contributed by atoms with Crippen molar-refractivity contribution in [1.82, 2.24) is 9.97 Å². The van der Waals surface area contributed by atoms with Gasteiger partial charge in [-0.15, -0.1) is 0 Å². The summed E-state index contributed by atoms with van der Waals surface area (Å²) in [5.74, 6) is -1.41. The minimum atomic E-state index is -1.01. The SMILES string of the molecule is O=C(O)c1ccc(NC(=O)c2cnccn2)cc1. The monoisotopic (exact) mass is 243 g/mol. The van der Waals surface area contributed by atoms with E-state index in [4.69, 9.17) is 5.11 Å². The lowest BCUT2D eigenvalue weighted by molar-refractivity contribution is 0.0696. The number of rotatable bonds is 3. The van der Waals surface area contributed by atoms with Gasteiger partial charge in [-0.2, -0.15) is 0 Å². The molecule has 0 unspecified atom stereocenters. The minimum Gasteiger partial charge on any atom is -0.478 e. The molecule has 0 atom stereocenters. The van der Waals surface area contributed by atoms with Crippen LogP contribution in [0.4, 0.5) is 5.69 Å². The van der Waals surface area contributed by atoms with Crippen molar-refractivity contribution in [3.63, 3.8) is 0 Å². The first kappa shape index (κ1) is 11.7. The summed E-state index contributed by atoms with van der Waals surface area (Å²) in [6, 6.07) is 5.85. The van der Waals surface area contributed by atoms with Gasteiger partial charge in [0.25, 0.3) is 5.91 Å². The highest BCUT2D eigenvalue weighted by molar-refractivity contribution is 6.02. The molecule has 1 amide bonds. The van der Waals surface area contributed by atoms with E-state index in [1.807, 2.05) is 0 Å². The van der Waals surface area contributed by atoms with Gasteiger partial charge in [-0.25, -0.2) is 9.78 Å². The van der Waals surface area contributed by atoms with Crippen LogP contribution in [0.25, 0.3) is 0 Å². The molecule has 0 saturated heterocycles. The second-order valence-corrected chi connectivity index (χ2v) is 3.43. The zero-order chi connectivity index (χ0) is 13.0. The molecular formula is C12H9N3O3. The average molecular weight is 243 g/mol. The summed E-state index contributed by atoms with van der Waals surface area (Å²) in [7, 11) is 0. The molecular weight excluding hydrogens is 234 g/mol. The Morgan fingerprint density at radius 2 is 1.83 bits per heavy atom. The quantitative estimate of drug-likeness (QED) is 0.850. The highest BCUT2D eigenvalue weighted by atomic mass is 16.4. The fourth-order valence-corrected chi connectivity index (χ4v) is 1.31. The van der Waals surface area contributed by atoms with Crippen LogP contribution < -0.4 is 5.32 Å². The van der Waals surface area contributed by atoms with Crippen LogP contribution in [0.15, 0.2) is 42.9 Å². The fraction of sp³-hybridized carbons (Fsp3) is 0. The van der Waals surface area contributed by atoms with Crippen molar-refractivity contribution in [3.8, 4) is 0 Å². The smallest absolute Gasteiger partial charge is 0.335 e. The zero-order valence-corrected chi connectivity index (χ0v) is 9.20. The van der Waals surface area contributed by atoms with Crippen molar-refractivity contribution in [2.75, 3.05) is 5.32 Å². The Labute approximate surface area is 102 Å². The van der Waals surface area contributed by atoms with Crippen LogP contribution >= 0.6 is 0 Å². The van der Waals surface area contributed by atoms with Crippen molar-refractivity contribution in [2.45, 2.75) is 0 Å². The molecule has 0 spiro atoms. The number of carboxylic acids is 1. The minimum absolute atomic E-state index is 0.160. The Kier molecular flexibility index (Phi) is 3.29. The zero-order valence-electron chi connectivity index (χ0n) is 9.20. The number of nitrogens with zero attached hydrogens (tertiary/aromatic N) is 2. The molecule has 6 heteroatoms. The molecule has 1 aromatic carbocycles. The standard InChI is InChI=1S/C12H9N3O3/c16-11(10-7-13-5-6-14-10)15-9-3-1-8(2-4-9)12(17)18/h1-7H,(H,15,16)(H,17,18). The van der Waals surface area contributed by atoms with E-state index in [1.54, 1.807) is 0 Å². The first-order valence-corrected chi connectivity index (χ1v) is 5.07. The van der Waals surface area contributed by atoms with Crippen LogP contribution in [-0.4, -0.2) is 27.0 Å². The van der Waals surface area contributed by atoms with E-state index < -0.39 is 11.9 Å². The van der Waals surface area contributed by atoms with Crippen molar-refractivity contribution < 1.29 is 14.7 Å². The van der Waals surface area contributed by atoms with E-state index in [9.17, 15) is 9.59 Å². The van der Waals surface area contributed by atoms with E-state index in [0.717, 1.165) is 0 Å². The number of amides is 1. The van der Waals surface area contributed by atoms with Crippen LogP contribution in [0.5, 0.6) is 0 Å². The Hall–Kier alpha value is -2.76. The molecule has 0 radical (unpaired) electrons. The first-order chi connectivity index (χ1) is 8.66. The predicted octanol–water partition coefficient (Wildman–Crippen LogP) is 1.43. The summed E-state index contributed by atoms with van der Waals surface area (Å²) >= 11 is 0. The second-order valence-electron chi connectivity index (χ2n) is 3.43. The molecule has 6 nitrogen and oxygen atoms in total. The van der Waals surface area contributed by atoms with Gasteiger partial charge in [0.2, 0.25) is 0 Å². The number of carbonyl (C=O) groups excluding carboxylic acids is 1. The van der Waals surface area contributed by atoms with Gasteiger partial charge in [0, 0.05) is 18.1 Å². The highest BCUT2D eigenvalue weighted by Crippen LogP contribution is 2.10. The maximum absolute atomic E-state index is 11.7. The summed E-state index contributed by atoms with van der Waals surface area (Å²) in [4.78, 5) is 30.0. The highest BCUT2D eigenvalue weighted by Gasteiger charge is 2.08. The predicted molar refractivity (Wildman–Crippen MR) is 63.4 cm³/mol. The Bertz CT molecular complexity index is 567. The summed E-state index contributed by atoms with van der Waals surface area (Å²) in [5, 5.41) is 11.3. The van der Waals surface area contributed by atoms with Crippen molar-refractivity contribution in [3.05, 3.63) is 54.1 Å². The largest absolute Gasteiger partial charge is 0.478 e. The Morgan fingerprint density at radius 1 is 1.11 bits per heavy atom. The molecule has 0 aliphatic heterocycles. The van der Waals surface area contributed by atoms with Gasteiger partial charge >= 0.3 is 5.97 Å². The number of hydrogen-bond acceptors (Lipinski definition) is 4. The summed E-state index contributed by atoms with van der Waals surface area (Å²) in [5.41, 5.74) is 0.850. The average Bonchev–Trinajstić information content (AvgIpc) is 2.40. The van der Waals surface area contributed by atoms with E-state index in [1.165, 1.54) is 42.9 Å². The van der Waals surface area contributed by atoms with Gasteiger partial charge in [0.15, 0.2) is 0 Å². The number of aromatic nitrogens is 2. The molecule has 0 aliphatic rings. The fourth-order valence-electron chi connectivity index (χ4n) is 1.31. The summed E-state index contributed by atoms with van der Waals surface area (Å²) < 4.78 is 0. The number of carboxylic acid groups (broad SMARTS) is 1. The van der Waals surface area contributed by atoms with Gasteiger partial charge < -0.3 is 10.4 Å². The van der Waals surface area contributed by atoms with Gasteiger partial charge in [0.1, 0.15) is 5.69 Å². The first-order valence-electron chi connectivity index (χ1n) is 5.07. The van der Waals surface area contributed by atoms with Crippen LogP contribution in [0.2, 0.25) is 0 Å². The van der Waals surface area contributed by atoms with E-state index in [-0.39, 0.29) is 11.3 Å². The van der Waals surface area contributed by atoms with Crippen LogP contribution in [0, 0.1) is 0 Å². The lowest BCUT2D eigenvalue weighted by Crippen LogP contribution is -2.13. The number of aromatic carboxylic acids is 1. The molecule has 0 bridgehead atoms. The van der Waals surface area contributed by atoms with Gasteiger partial charge in [-0.3, -0.25) is 9.78 Å². The molecule has 0 aliphatic carbocycles. The molecule has 2 aromatic rings. The lowest BCUT2D eigenvalue weighted by atomic mass is 10.2. The van der Waals surface area contributed by atoms with Gasteiger partial charge in [-0.1, -0.05) is 0 Å².